The van der Waals surface area contributed by atoms with E-state index < -0.39 is 46.9 Å². The van der Waals surface area contributed by atoms with Crippen LogP contribution in [0.1, 0.15) is 52.9 Å². The molecule has 134 valence electrons. The third kappa shape index (κ3) is 3.21. The molecule has 0 aromatic rings. The molecule has 0 bridgehead atoms. The molecule has 1 unspecified atom stereocenters. The highest BCUT2D eigenvalue weighted by atomic mass is 16.6. The predicted molar refractivity (Wildman–Crippen MR) is 81.5 cm³/mol. The largest absolute Gasteiger partial charge is 0.459 e. The molecule has 3 N–H and O–H groups in total. The van der Waals surface area contributed by atoms with Gasteiger partial charge in [0, 0.05) is 12.0 Å². The summed E-state index contributed by atoms with van der Waals surface area (Å²) in [6.45, 7) is 4.79. The van der Waals surface area contributed by atoms with E-state index in [9.17, 15) is 24.4 Å². The number of rotatable bonds is 3. The maximum Gasteiger partial charge on any atom is 0.330 e. The van der Waals surface area contributed by atoms with Gasteiger partial charge < -0.3 is 10.5 Å². The number of carbonyl (C=O) groups is 4. The zero-order chi connectivity index (χ0) is 18.3. The molecular weight excluding hydrogens is 316 g/mol. The monoisotopic (exact) mass is 340 g/mol. The van der Waals surface area contributed by atoms with Crippen LogP contribution in [0.3, 0.4) is 0 Å². The molecule has 2 amide bonds. The van der Waals surface area contributed by atoms with Crippen LogP contribution in [-0.2, 0) is 23.9 Å². The van der Waals surface area contributed by atoms with E-state index in [-0.39, 0.29) is 11.1 Å². The van der Waals surface area contributed by atoms with Crippen LogP contribution in [0.5, 0.6) is 0 Å². The Hall–Kier alpha value is -1.80. The summed E-state index contributed by atoms with van der Waals surface area (Å²) in [6.07, 6.45) is 1.39. The van der Waals surface area contributed by atoms with Gasteiger partial charge >= 0.3 is 5.97 Å². The van der Waals surface area contributed by atoms with Crippen LogP contribution in [0.4, 0.5) is 0 Å². The van der Waals surface area contributed by atoms with Crippen molar-refractivity contribution in [3.63, 3.8) is 0 Å². The Morgan fingerprint density at radius 3 is 2.17 bits per heavy atom. The fourth-order valence-corrected chi connectivity index (χ4v) is 3.22. The van der Waals surface area contributed by atoms with Gasteiger partial charge in [-0.05, 0) is 46.5 Å². The molecule has 0 aromatic carbocycles. The first-order chi connectivity index (χ1) is 11.0. The number of carbonyl (C=O) groups excluding carboxylic acids is 4. The molecule has 2 fully saturated rings. The van der Waals surface area contributed by atoms with E-state index in [0.717, 1.165) is 0 Å². The maximum absolute atomic E-state index is 13.0. The molecular formula is C16H24N2O6. The van der Waals surface area contributed by atoms with Crippen LogP contribution in [0, 0.1) is 11.3 Å². The second-order valence-corrected chi connectivity index (χ2v) is 7.57. The molecule has 1 saturated carbocycles. The molecule has 24 heavy (non-hydrogen) atoms. The molecule has 8 nitrogen and oxygen atoms in total. The summed E-state index contributed by atoms with van der Waals surface area (Å²) in [7, 11) is 0. The van der Waals surface area contributed by atoms with Crippen LogP contribution >= 0.6 is 0 Å². The summed E-state index contributed by atoms with van der Waals surface area (Å²) in [5, 5.41) is 9.45. The molecule has 2 rings (SSSR count). The van der Waals surface area contributed by atoms with E-state index in [2.05, 4.69) is 0 Å². The van der Waals surface area contributed by atoms with Crippen molar-refractivity contribution in [3.8, 4) is 0 Å². The highest BCUT2D eigenvalue weighted by molar-refractivity contribution is 6.29. The van der Waals surface area contributed by atoms with Gasteiger partial charge in [0.2, 0.25) is 5.41 Å². The molecule has 0 spiro atoms. The zero-order valence-corrected chi connectivity index (χ0v) is 14.2. The molecule has 1 atom stereocenters. The number of esters is 1. The van der Waals surface area contributed by atoms with E-state index in [0.29, 0.717) is 25.7 Å². The Bertz CT molecular complexity index is 574. The lowest BCUT2D eigenvalue weighted by atomic mass is 9.71. The third-order valence-electron chi connectivity index (χ3n) is 4.52. The standard InChI is InChI=1S/C16H24N2O6/c1-15(2,3)24-14(22)16(8-11(19)18(23)13(16)21)12(20)9-4-6-10(17)7-5-9/h9-10,23H,4-8,17H2,1-3H3/t9-,10+,16?. The minimum absolute atomic E-state index is 0.0122. The van der Waals surface area contributed by atoms with Crippen LogP contribution in [0.15, 0.2) is 0 Å². The van der Waals surface area contributed by atoms with E-state index >= 15 is 0 Å². The number of Topliss-reactive ketones (excluding diaryl/α,β-unsaturated/α-hetero) is 1. The fraction of sp³-hybridized carbons (Fsp3) is 0.750. The lowest BCUT2D eigenvalue weighted by molar-refractivity contribution is -0.182. The summed E-state index contributed by atoms with van der Waals surface area (Å²) in [5.41, 5.74) is 2.60. The Labute approximate surface area is 140 Å². The van der Waals surface area contributed by atoms with Crippen molar-refractivity contribution in [3.05, 3.63) is 0 Å². The minimum atomic E-state index is -2.29. The average molecular weight is 340 g/mol. The highest BCUT2D eigenvalue weighted by Gasteiger charge is 2.64. The summed E-state index contributed by atoms with van der Waals surface area (Å²) < 4.78 is 5.23. The van der Waals surface area contributed by atoms with Crippen molar-refractivity contribution in [2.45, 2.75) is 64.5 Å². The van der Waals surface area contributed by atoms with Gasteiger partial charge in [-0.15, -0.1) is 0 Å². The molecule has 8 heteroatoms. The van der Waals surface area contributed by atoms with Crippen molar-refractivity contribution < 1.29 is 29.1 Å². The van der Waals surface area contributed by atoms with E-state index in [1.807, 2.05) is 0 Å². The zero-order valence-electron chi connectivity index (χ0n) is 14.2. The van der Waals surface area contributed by atoms with Crippen LogP contribution in [0.25, 0.3) is 0 Å². The van der Waals surface area contributed by atoms with Gasteiger partial charge in [-0.3, -0.25) is 24.4 Å². The third-order valence-corrected chi connectivity index (χ3v) is 4.52. The summed E-state index contributed by atoms with van der Waals surface area (Å²) in [6, 6.07) is -0.0122. The van der Waals surface area contributed by atoms with Crippen LogP contribution in [0.2, 0.25) is 0 Å². The molecule has 1 saturated heterocycles. The van der Waals surface area contributed by atoms with Gasteiger partial charge in [0.05, 0.1) is 6.42 Å². The van der Waals surface area contributed by atoms with Gasteiger partial charge in [-0.25, -0.2) is 0 Å². The maximum atomic E-state index is 13.0. The van der Waals surface area contributed by atoms with Crippen molar-refractivity contribution in [2.75, 3.05) is 0 Å². The lowest BCUT2D eigenvalue weighted by Crippen LogP contribution is -2.51. The first kappa shape index (κ1) is 18.5. The average Bonchev–Trinajstić information content (AvgIpc) is 2.71. The summed E-state index contributed by atoms with van der Waals surface area (Å²) in [5.74, 6) is -4.49. The van der Waals surface area contributed by atoms with Gasteiger partial charge in [0.1, 0.15) is 5.60 Å². The van der Waals surface area contributed by atoms with Crippen molar-refractivity contribution >= 4 is 23.6 Å². The summed E-state index contributed by atoms with van der Waals surface area (Å²) >= 11 is 0. The van der Waals surface area contributed by atoms with Crippen LogP contribution < -0.4 is 5.73 Å². The number of ketones is 1. The molecule has 1 heterocycles. The Kier molecular flexibility index (Phi) is 4.83. The van der Waals surface area contributed by atoms with Gasteiger partial charge in [0.25, 0.3) is 11.8 Å². The van der Waals surface area contributed by atoms with Crippen molar-refractivity contribution in [1.29, 1.82) is 0 Å². The highest BCUT2D eigenvalue weighted by Crippen LogP contribution is 2.41. The van der Waals surface area contributed by atoms with E-state index in [4.69, 9.17) is 10.5 Å². The number of hydrogen-bond acceptors (Lipinski definition) is 7. The summed E-state index contributed by atoms with van der Waals surface area (Å²) in [4.78, 5) is 49.9. The fourth-order valence-electron chi connectivity index (χ4n) is 3.22. The number of nitrogens with zero attached hydrogens (tertiary/aromatic N) is 1. The number of nitrogens with two attached hydrogens (primary N) is 1. The molecule has 2 aliphatic rings. The first-order valence-electron chi connectivity index (χ1n) is 8.08. The molecule has 1 aliphatic carbocycles. The minimum Gasteiger partial charge on any atom is -0.459 e. The Balaban J connectivity index is 2.37. The van der Waals surface area contributed by atoms with Crippen molar-refractivity contribution in [1.82, 2.24) is 5.06 Å². The van der Waals surface area contributed by atoms with Gasteiger partial charge in [0.15, 0.2) is 5.78 Å². The van der Waals surface area contributed by atoms with Crippen LogP contribution in [-0.4, -0.2) is 45.5 Å². The predicted octanol–water partition coefficient (Wildman–Crippen LogP) is 0.549. The molecule has 0 aromatic heterocycles. The second kappa shape index (κ2) is 6.25. The quantitative estimate of drug-likeness (QED) is 0.332. The number of imide groups is 1. The smallest absolute Gasteiger partial charge is 0.330 e. The first-order valence-corrected chi connectivity index (χ1v) is 8.08. The Morgan fingerprint density at radius 1 is 1.21 bits per heavy atom. The molecule has 0 radical (unpaired) electrons. The lowest BCUT2D eigenvalue weighted by Gasteiger charge is -2.32. The van der Waals surface area contributed by atoms with E-state index in [1.165, 1.54) is 0 Å². The van der Waals surface area contributed by atoms with Gasteiger partial charge in [-0.1, -0.05) is 0 Å². The number of ether oxygens (including phenoxy) is 1. The second-order valence-electron chi connectivity index (χ2n) is 7.57. The molecule has 1 aliphatic heterocycles. The van der Waals surface area contributed by atoms with Gasteiger partial charge in [-0.2, -0.15) is 5.06 Å². The number of hydroxylamine groups is 2. The topological polar surface area (TPSA) is 127 Å². The van der Waals surface area contributed by atoms with E-state index in [1.54, 1.807) is 20.8 Å². The SMILES string of the molecule is CC(C)(C)OC(=O)C1(C(=O)[C@H]2CC[C@@H](N)CC2)CC(=O)N(O)C1=O. The number of amides is 2. The number of hydrogen-bond donors (Lipinski definition) is 2. The van der Waals surface area contributed by atoms with Crippen molar-refractivity contribution in [2.24, 2.45) is 17.1 Å². The normalized spacial score (nSPS) is 31.3. The Morgan fingerprint density at radius 2 is 1.75 bits per heavy atom.